The van der Waals surface area contributed by atoms with E-state index in [1.807, 2.05) is 0 Å². The molecule has 0 radical (unpaired) electrons. The molecule has 0 spiro atoms. The average Bonchev–Trinajstić information content (AvgIpc) is 1.99. The lowest BCUT2D eigenvalue weighted by molar-refractivity contribution is -0.113. The summed E-state index contributed by atoms with van der Waals surface area (Å²) in [5.41, 5.74) is 0.408. The van der Waals surface area contributed by atoms with E-state index in [1.54, 1.807) is 0 Å². The zero-order valence-electron chi connectivity index (χ0n) is 7.28. The Hall–Kier alpha value is -1.76. The van der Waals surface area contributed by atoms with Gasteiger partial charge in [0.25, 0.3) is 0 Å². The van der Waals surface area contributed by atoms with Crippen molar-refractivity contribution in [1.82, 2.24) is 0 Å². The molecular weight excluding hydrogens is 156 g/mol. The van der Waals surface area contributed by atoms with Crippen molar-refractivity contribution in [1.29, 1.82) is 0 Å². The van der Waals surface area contributed by atoms with Gasteiger partial charge in [0, 0.05) is 10.8 Å². The quantitative estimate of drug-likeness (QED) is 0.475. The van der Waals surface area contributed by atoms with Crippen LogP contribution in [0.5, 0.6) is 0 Å². The zero-order chi connectivity index (χ0) is 9.36. The molecule has 0 aliphatic heterocycles. The molecular formula is C13H8. The zero-order valence-corrected chi connectivity index (χ0v) is 7.28. The van der Waals surface area contributed by atoms with Crippen LogP contribution >= 0.6 is 0 Å². The lowest BCUT2D eigenvalue weighted by Crippen LogP contribution is -2.60. The summed E-state index contributed by atoms with van der Waals surface area (Å²) < 4.78 is 0. The molecule has 2 bridgehead atoms. The van der Waals surface area contributed by atoms with Crippen molar-refractivity contribution in [3.8, 4) is 48.4 Å². The predicted octanol–water partition coefficient (Wildman–Crippen LogP) is 1.43. The van der Waals surface area contributed by atoms with Crippen molar-refractivity contribution < 1.29 is 0 Å². The maximum Gasteiger partial charge on any atom is 0.0368 e. The average molecular weight is 164 g/mol. The van der Waals surface area contributed by atoms with E-state index >= 15 is 0 Å². The summed E-state index contributed by atoms with van der Waals surface area (Å²) in [6.07, 6.45) is 13.3. The number of rotatable bonds is 0. The van der Waals surface area contributed by atoms with Gasteiger partial charge in [-0.3, -0.25) is 0 Å². The van der Waals surface area contributed by atoms with Gasteiger partial charge in [0.2, 0.25) is 0 Å². The van der Waals surface area contributed by atoms with E-state index in [4.69, 9.17) is 12.8 Å². The molecule has 0 atom stereocenters. The molecule has 3 saturated carbocycles. The van der Waals surface area contributed by atoms with E-state index in [1.165, 1.54) is 0 Å². The molecule has 0 N–H and O–H groups in total. The van der Waals surface area contributed by atoms with Crippen LogP contribution in [0.2, 0.25) is 0 Å². The predicted molar refractivity (Wildman–Crippen MR) is 51.9 cm³/mol. The number of hydrogen-bond donors (Lipinski definition) is 0. The van der Waals surface area contributed by atoms with E-state index in [0.717, 1.165) is 19.3 Å². The first-order chi connectivity index (χ1) is 6.24. The molecule has 3 rings (SSSR count). The van der Waals surface area contributed by atoms with Crippen molar-refractivity contribution in [2.75, 3.05) is 0 Å². The van der Waals surface area contributed by atoms with Crippen LogP contribution in [0, 0.1) is 59.2 Å². The third-order valence-corrected chi connectivity index (χ3v) is 2.83. The van der Waals surface area contributed by atoms with E-state index in [2.05, 4.69) is 35.5 Å². The molecule has 0 aromatic heterocycles. The highest BCUT2D eigenvalue weighted by Crippen LogP contribution is 2.72. The second-order valence-electron chi connectivity index (χ2n) is 3.88. The summed E-state index contributed by atoms with van der Waals surface area (Å²) >= 11 is 0. The van der Waals surface area contributed by atoms with Gasteiger partial charge in [0.05, 0.1) is 0 Å². The van der Waals surface area contributed by atoms with Crippen molar-refractivity contribution >= 4 is 0 Å². The Balaban J connectivity index is 2.02. The Morgan fingerprint density at radius 2 is 1.15 bits per heavy atom. The van der Waals surface area contributed by atoms with Gasteiger partial charge in [-0.15, -0.1) is 12.8 Å². The summed E-state index contributed by atoms with van der Waals surface area (Å²) in [5.74, 6) is 16.3. The van der Waals surface area contributed by atoms with Gasteiger partial charge in [0.1, 0.15) is 0 Å². The maximum absolute atomic E-state index is 5.07. The SMILES string of the molecule is C#CC#CC12CC(C#CC#C)(C1)C2. The second-order valence-corrected chi connectivity index (χ2v) is 3.88. The molecule has 0 nitrogen and oxygen atoms in total. The van der Waals surface area contributed by atoms with Crippen molar-refractivity contribution in [3.05, 3.63) is 0 Å². The van der Waals surface area contributed by atoms with Gasteiger partial charge in [-0.1, -0.05) is 11.8 Å². The summed E-state index contributed by atoms with van der Waals surface area (Å²) in [6.45, 7) is 0. The first kappa shape index (κ1) is 7.87. The van der Waals surface area contributed by atoms with Gasteiger partial charge < -0.3 is 0 Å². The molecule has 13 heavy (non-hydrogen) atoms. The number of terminal acetylenes is 2. The van der Waals surface area contributed by atoms with Crippen molar-refractivity contribution in [2.24, 2.45) is 10.8 Å². The largest absolute Gasteiger partial charge is 0.106 e. The second kappa shape index (κ2) is 2.36. The third kappa shape index (κ3) is 1.01. The molecule has 0 saturated heterocycles. The normalized spacial score (nSPS) is 37.1. The van der Waals surface area contributed by atoms with Gasteiger partial charge >= 0.3 is 0 Å². The van der Waals surface area contributed by atoms with Crippen LogP contribution in [0.1, 0.15) is 19.3 Å². The number of hydrogen-bond acceptors (Lipinski definition) is 0. The van der Waals surface area contributed by atoms with Gasteiger partial charge in [-0.05, 0) is 42.9 Å². The lowest BCUT2D eigenvalue weighted by Gasteiger charge is -2.65. The molecule has 0 unspecified atom stereocenters. The fraction of sp³-hybridized carbons (Fsp3) is 0.385. The topological polar surface area (TPSA) is 0 Å². The van der Waals surface area contributed by atoms with Crippen molar-refractivity contribution in [3.63, 3.8) is 0 Å². The summed E-state index contributed by atoms with van der Waals surface area (Å²) in [5, 5.41) is 0. The van der Waals surface area contributed by atoms with Gasteiger partial charge in [-0.25, -0.2) is 0 Å². The van der Waals surface area contributed by atoms with Crippen LogP contribution in [-0.2, 0) is 0 Å². The van der Waals surface area contributed by atoms with Gasteiger partial charge in [-0.2, -0.15) is 0 Å². The minimum Gasteiger partial charge on any atom is -0.106 e. The summed E-state index contributed by atoms with van der Waals surface area (Å²) in [7, 11) is 0. The van der Waals surface area contributed by atoms with Crippen LogP contribution in [0.15, 0.2) is 0 Å². The smallest absolute Gasteiger partial charge is 0.0368 e. The van der Waals surface area contributed by atoms with Crippen LogP contribution in [0.25, 0.3) is 0 Å². The Morgan fingerprint density at radius 1 is 0.769 bits per heavy atom. The van der Waals surface area contributed by atoms with E-state index in [9.17, 15) is 0 Å². The maximum atomic E-state index is 5.07. The first-order valence-corrected chi connectivity index (χ1v) is 4.20. The molecule has 0 aromatic carbocycles. The third-order valence-electron chi connectivity index (χ3n) is 2.83. The highest BCUT2D eigenvalue weighted by Gasteiger charge is 2.66. The summed E-state index contributed by atoms with van der Waals surface area (Å²) in [4.78, 5) is 0. The Kier molecular flexibility index (Phi) is 1.43. The van der Waals surface area contributed by atoms with Gasteiger partial charge in [0.15, 0.2) is 0 Å². The molecule has 3 fully saturated rings. The molecule has 0 heteroatoms. The lowest BCUT2D eigenvalue weighted by atomic mass is 9.36. The minimum atomic E-state index is 0.204. The van der Waals surface area contributed by atoms with Crippen LogP contribution in [0.3, 0.4) is 0 Å². The fourth-order valence-corrected chi connectivity index (χ4v) is 2.39. The molecule has 60 valence electrons. The minimum absolute atomic E-state index is 0.204. The molecule has 3 aliphatic carbocycles. The van der Waals surface area contributed by atoms with Crippen LogP contribution in [0.4, 0.5) is 0 Å². The van der Waals surface area contributed by atoms with Crippen LogP contribution < -0.4 is 0 Å². The molecule has 0 heterocycles. The van der Waals surface area contributed by atoms with Crippen molar-refractivity contribution in [2.45, 2.75) is 19.3 Å². The Bertz CT molecular complexity index is 381. The summed E-state index contributed by atoms with van der Waals surface area (Å²) in [6, 6.07) is 0. The highest BCUT2D eigenvalue weighted by atomic mass is 14.7. The fourth-order valence-electron chi connectivity index (χ4n) is 2.39. The monoisotopic (exact) mass is 164 g/mol. The van der Waals surface area contributed by atoms with E-state index in [0.29, 0.717) is 0 Å². The standard InChI is InChI=1S/C13H8/c1-3-5-7-12-9-13(10-12,11-12)8-6-4-2/h1-2H,9-11H2. The van der Waals surface area contributed by atoms with Crippen LogP contribution in [-0.4, -0.2) is 0 Å². The van der Waals surface area contributed by atoms with E-state index in [-0.39, 0.29) is 10.8 Å². The molecule has 0 aromatic rings. The molecule has 0 amide bonds. The highest BCUT2D eigenvalue weighted by molar-refractivity contribution is 5.42. The Morgan fingerprint density at radius 3 is 1.46 bits per heavy atom. The first-order valence-electron chi connectivity index (χ1n) is 4.20. The molecule has 3 aliphatic rings. The Labute approximate surface area is 79.1 Å². The van der Waals surface area contributed by atoms with E-state index < -0.39 is 0 Å².